The number of nitrogens with one attached hydrogen (secondary N) is 2. The smallest absolute Gasteiger partial charge is 0.309 e. The number of carbonyl (C=O) groups excluding carboxylic acids is 2. The molecule has 1 atom stereocenters. The first-order chi connectivity index (χ1) is 11.5. The number of rotatable bonds is 6. The lowest BCUT2D eigenvalue weighted by atomic mass is 10.2. The maximum Gasteiger partial charge on any atom is 0.309 e. The minimum atomic E-state index is -0.679. The Morgan fingerprint density at radius 2 is 1.79 bits per heavy atom. The molecule has 0 aliphatic heterocycles. The average molecular weight is 350 g/mol. The first-order valence-electron chi connectivity index (χ1n) is 7.47. The third-order valence-electron chi connectivity index (χ3n) is 3.52. The van der Waals surface area contributed by atoms with E-state index in [0.29, 0.717) is 5.02 Å². The Labute approximate surface area is 145 Å². The van der Waals surface area contributed by atoms with E-state index in [1.54, 1.807) is 36.6 Å². The van der Waals surface area contributed by atoms with E-state index >= 15 is 0 Å². The first-order valence-corrected chi connectivity index (χ1v) is 7.85. The van der Waals surface area contributed by atoms with Gasteiger partial charge in [0, 0.05) is 18.1 Å². The zero-order valence-electron chi connectivity index (χ0n) is 13.6. The fourth-order valence-electron chi connectivity index (χ4n) is 2.15. The maximum atomic E-state index is 11.9. The van der Waals surface area contributed by atoms with Crippen LogP contribution in [-0.2, 0) is 16.1 Å². The van der Waals surface area contributed by atoms with E-state index in [2.05, 4.69) is 10.6 Å². The van der Waals surface area contributed by atoms with Crippen molar-refractivity contribution in [2.45, 2.75) is 12.6 Å². The van der Waals surface area contributed by atoms with Crippen LogP contribution in [0.4, 0.5) is 0 Å². The molecule has 24 heavy (non-hydrogen) atoms. The minimum Gasteiger partial charge on any atom is -0.468 e. The maximum absolute atomic E-state index is 11.9. The summed E-state index contributed by atoms with van der Waals surface area (Å²) in [6, 6.07) is 10.5. The number of furan rings is 1. The van der Waals surface area contributed by atoms with Gasteiger partial charge in [0.2, 0.25) is 0 Å². The summed E-state index contributed by atoms with van der Waals surface area (Å²) in [6.45, 7) is 0.534. The molecule has 1 aromatic heterocycles. The number of carbonyl (C=O) groups is 2. The standard InChI is InChI=1S/C17H20ClN3O3/c1-21(2)14(15-4-3-9-24-15)11-20-17(23)16(22)19-10-12-5-7-13(18)8-6-12/h3-9,14H,10-11H2,1-2H3,(H,19,22)(H,20,23). The summed E-state index contributed by atoms with van der Waals surface area (Å²) >= 11 is 5.80. The van der Waals surface area contributed by atoms with Crippen molar-refractivity contribution < 1.29 is 14.0 Å². The van der Waals surface area contributed by atoms with Gasteiger partial charge in [-0.15, -0.1) is 0 Å². The molecule has 0 saturated heterocycles. The Balaban J connectivity index is 1.82. The molecule has 128 valence electrons. The Morgan fingerprint density at radius 3 is 2.38 bits per heavy atom. The molecule has 2 rings (SSSR count). The summed E-state index contributed by atoms with van der Waals surface area (Å²) in [5.41, 5.74) is 0.863. The highest BCUT2D eigenvalue weighted by atomic mass is 35.5. The molecule has 0 aliphatic rings. The molecule has 6 nitrogen and oxygen atoms in total. The minimum absolute atomic E-state index is 0.145. The fraction of sp³-hybridized carbons (Fsp3) is 0.294. The second-order valence-electron chi connectivity index (χ2n) is 5.51. The van der Waals surface area contributed by atoms with Gasteiger partial charge in [-0.1, -0.05) is 23.7 Å². The van der Waals surface area contributed by atoms with Crippen LogP contribution in [0, 0.1) is 0 Å². The van der Waals surface area contributed by atoms with Gasteiger partial charge in [0.25, 0.3) is 0 Å². The van der Waals surface area contributed by atoms with Gasteiger partial charge >= 0.3 is 11.8 Å². The lowest BCUT2D eigenvalue weighted by molar-refractivity contribution is -0.139. The molecule has 2 amide bonds. The Morgan fingerprint density at radius 1 is 1.12 bits per heavy atom. The van der Waals surface area contributed by atoms with Gasteiger partial charge < -0.3 is 15.1 Å². The molecule has 7 heteroatoms. The van der Waals surface area contributed by atoms with Gasteiger partial charge in [-0.25, -0.2) is 0 Å². The van der Waals surface area contributed by atoms with Crippen LogP contribution in [0.15, 0.2) is 47.1 Å². The Hall–Kier alpha value is -2.31. The second kappa shape index (κ2) is 8.52. The van der Waals surface area contributed by atoms with Crippen LogP contribution in [-0.4, -0.2) is 37.4 Å². The fourth-order valence-corrected chi connectivity index (χ4v) is 2.28. The van der Waals surface area contributed by atoms with E-state index in [0.717, 1.165) is 11.3 Å². The predicted octanol–water partition coefficient (Wildman–Crippen LogP) is 1.97. The van der Waals surface area contributed by atoms with Crippen molar-refractivity contribution in [1.29, 1.82) is 0 Å². The second-order valence-corrected chi connectivity index (χ2v) is 5.95. The van der Waals surface area contributed by atoms with Crippen molar-refractivity contribution >= 4 is 23.4 Å². The van der Waals surface area contributed by atoms with Crippen LogP contribution in [0.5, 0.6) is 0 Å². The van der Waals surface area contributed by atoms with Crippen molar-refractivity contribution in [1.82, 2.24) is 15.5 Å². The number of benzene rings is 1. The van der Waals surface area contributed by atoms with Gasteiger partial charge in [-0.2, -0.15) is 0 Å². The lowest BCUT2D eigenvalue weighted by Gasteiger charge is -2.22. The van der Waals surface area contributed by atoms with Crippen molar-refractivity contribution in [3.05, 3.63) is 59.0 Å². The van der Waals surface area contributed by atoms with E-state index in [1.165, 1.54) is 0 Å². The number of amides is 2. The summed E-state index contributed by atoms with van der Waals surface area (Å²) in [6.07, 6.45) is 1.58. The molecule has 0 spiro atoms. The molecule has 0 aliphatic carbocycles. The molecular formula is C17H20ClN3O3. The van der Waals surface area contributed by atoms with E-state index in [-0.39, 0.29) is 19.1 Å². The van der Waals surface area contributed by atoms with Crippen molar-refractivity contribution in [2.24, 2.45) is 0 Å². The number of hydrogen-bond donors (Lipinski definition) is 2. The highest BCUT2D eigenvalue weighted by Crippen LogP contribution is 2.17. The van der Waals surface area contributed by atoms with Gasteiger partial charge in [0.05, 0.1) is 12.3 Å². The molecular weight excluding hydrogens is 330 g/mol. The summed E-state index contributed by atoms with van der Waals surface area (Å²) in [7, 11) is 3.75. The van der Waals surface area contributed by atoms with Crippen LogP contribution in [0.25, 0.3) is 0 Å². The largest absolute Gasteiger partial charge is 0.468 e. The first kappa shape index (κ1) is 18.0. The number of likely N-dealkylation sites (N-methyl/N-ethyl adjacent to an activating group) is 1. The third-order valence-corrected chi connectivity index (χ3v) is 3.78. The summed E-state index contributed by atoms with van der Waals surface area (Å²) < 4.78 is 5.36. The Kier molecular flexibility index (Phi) is 6.40. The zero-order valence-corrected chi connectivity index (χ0v) is 14.3. The molecule has 2 aromatic rings. The Bertz CT molecular complexity index is 669. The summed E-state index contributed by atoms with van der Waals surface area (Å²) in [4.78, 5) is 25.7. The van der Waals surface area contributed by atoms with Gasteiger partial charge in [-0.3, -0.25) is 14.5 Å². The van der Waals surface area contributed by atoms with Crippen molar-refractivity contribution in [3.8, 4) is 0 Å². The van der Waals surface area contributed by atoms with Gasteiger partial charge in [0.1, 0.15) is 5.76 Å². The monoisotopic (exact) mass is 349 g/mol. The zero-order chi connectivity index (χ0) is 17.5. The predicted molar refractivity (Wildman–Crippen MR) is 91.4 cm³/mol. The molecule has 1 heterocycles. The third kappa shape index (κ3) is 5.11. The lowest BCUT2D eigenvalue weighted by Crippen LogP contribution is -2.42. The van der Waals surface area contributed by atoms with Gasteiger partial charge in [0.15, 0.2) is 0 Å². The van der Waals surface area contributed by atoms with Crippen molar-refractivity contribution in [2.75, 3.05) is 20.6 Å². The molecule has 2 N–H and O–H groups in total. The van der Waals surface area contributed by atoms with Crippen molar-refractivity contribution in [3.63, 3.8) is 0 Å². The van der Waals surface area contributed by atoms with E-state index in [9.17, 15) is 9.59 Å². The number of halogens is 1. The quantitative estimate of drug-likeness (QED) is 0.782. The van der Waals surface area contributed by atoms with Gasteiger partial charge in [-0.05, 0) is 43.9 Å². The van der Waals surface area contributed by atoms with E-state index in [4.69, 9.17) is 16.0 Å². The summed E-state index contributed by atoms with van der Waals surface area (Å²) in [5.74, 6) is -0.633. The summed E-state index contributed by atoms with van der Waals surface area (Å²) in [5, 5.41) is 5.82. The van der Waals surface area contributed by atoms with E-state index < -0.39 is 11.8 Å². The molecule has 0 radical (unpaired) electrons. The average Bonchev–Trinajstić information content (AvgIpc) is 3.08. The molecule has 1 aromatic carbocycles. The topological polar surface area (TPSA) is 74.6 Å². The number of nitrogens with zero attached hydrogens (tertiary/aromatic N) is 1. The van der Waals surface area contributed by atoms with Crippen LogP contribution in [0.1, 0.15) is 17.4 Å². The van der Waals surface area contributed by atoms with E-state index in [1.807, 2.05) is 25.1 Å². The van der Waals surface area contributed by atoms with Crippen LogP contribution in [0.3, 0.4) is 0 Å². The molecule has 0 saturated carbocycles. The normalized spacial score (nSPS) is 12.0. The van der Waals surface area contributed by atoms with Crippen LogP contribution in [0.2, 0.25) is 5.02 Å². The van der Waals surface area contributed by atoms with Crippen LogP contribution < -0.4 is 10.6 Å². The number of hydrogen-bond acceptors (Lipinski definition) is 4. The highest BCUT2D eigenvalue weighted by molar-refractivity contribution is 6.35. The SMILES string of the molecule is CN(C)C(CNC(=O)C(=O)NCc1ccc(Cl)cc1)c1ccco1. The molecule has 0 bridgehead atoms. The molecule has 1 unspecified atom stereocenters. The highest BCUT2D eigenvalue weighted by Gasteiger charge is 2.20. The molecule has 0 fully saturated rings. The van der Waals surface area contributed by atoms with Crippen LogP contribution >= 0.6 is 11.6 Å².